The summed E-state index contributed by atoms with van der Waals surface area (Å²) in [4.78, 5) is 0. The minimum Gasteiger partial charge on any atom is -0.507 e. The molecule has 0 aromatic heterocycles. The predicted octanol–water partition coefficient (Wildman–Crippen LogP) is 3.96. The number of benzene rings is 3. The van der Waals surface area contributed by atoms with Gasteiger partial charge in [0.15, 0.2) is 0 Å². The zero-order valence-electron chi connectivity index (χ0n) is 10.6. The van der Waals surface area contributed by atoms with Gasteiger partial charge in [-0.1, -0.05) is 48.5 Å². The van der Waals surface area contributed by atoms with Crippen LogP contribution in [0.25, 0.3) is 21.5 Å². The van der Waals surface area contributed by atoms with E-state index in [9.17, 15) is 5.11 Å². The summed E-state index contributed by atoms with van der Waals surface area (Å²) in [5.74, 6) is 0.378. The lowest BCUT2D eigenvalue weighted by Gasteiger charge is -2.05. The number of ether oxygens (including phenoxy) is 1. The Morgan fingerprint density at radius 1 is 0.778 bits per heavy atom. The molecule has 1 N–H and O–H groups in total. The lowest BCUT2D eigenvalue weighted by Crippen LogP contribution is -1.77. The average molecular weight is 240 g/mol. The molecule has 0 bridgehead atoms. The number of aromatic hydroxyl groups is 1. The quantitative estimate of drug-likeness (QED) is 0.603. The van der Waals surface area contributed by atoms with Gasteiger partial charge in [-0.3, -0.25) is 0 Å². The molecule has 0 aliphatic heterocycles. The molecule has 0 spiro atoms. The normalized spacial score (nSPS) is 10.1. The van der Waals surface area contributed by atoms with Crippen molar-refractivity contribution in [3.8, 4) is 5.75 Å². The van der Waals surface area contributed by atoms with Crippen LogP contribution in [0.2, 0.25) is 0 Å². The number of phenols is 1. The van der Waals surface area contributed by atoms with E-state index in [0.29, 0.717) is 5.75 Å². The SMILES string of the molecule is COC.Oc1c2ccccc2cc2ccccc12. The third-order valence-electron chi connectivity index (χ3n) is 2.74. The second-order valence-corrected chi connectivity index (χ2v) is 4.08. The Morgan fingerprint density at radius 2 is 1.17 bits per heavy atom. The molecule has 92 valence electrons. The van der Waals surface area contributed by atoms with Gasteiger partial charge in [-0.05, 0) is 16.8 Å². The molecular weight excluding hydrogens is 224 g/mol. The third-order valence-corrected chi connectivity index (χ3v) is 2.74. The van der Waals surface area contributed by atoms with Gasteiger partial charge >= 0.3 is 0 Å². The molecule has 0 amide bonds. The van der Waals surface area contributed by atoms with Crippen molar-refractivity contribution in [3.63, 3.8) is 0 Å². The molecule has 3 rings (SSSR count). The van der Waals surface area contributed by atoms with Crippen molar-refractivity contribution < 1.29 is 9.84 Å². The Kier molecular flexibility index (Phi) is 3.80. The van der Waals surface area contributed by atoms with Gasteiger partial charge in [-0.2, -0.15) is 0 Å². The standard InChI is InChI=1S/C14H10O.C2H6O/c15-14-12-7-3-1-5-10(12)9-11-6-2-4-8-13(11)14;1-3-2/h1-9,15H;1-2H3. The molecule has 0 heterocycles. The highest BCUT2D eigenvalue weighted by atomic mass is 16.4. The Bertz CT molecular complexity index is 605. The summed E-state index contributed by atoms with van der Waals surface area (Å²) in [5.41, 5.74) is 0. The molecule has 0 unspecified atom stereocenters. The van der Waals surface area contributed by atoms with E-state index in [-0.39, 0.29) is 0 Å². The largest absolute Gasteiger partial charge is 0.507 e. The van der Waals surface area contributed by atoms with Crippen molar-refractivity contribution in [1.29, 1.82) is 0 Å². The summed E-state index contributed by atoms with van der Waals surface area (Å²) in [7, 11) is 3.25. The minimum atomic E-state index is 0.378. The number of rotatable bonds is 0. The van der Waals surface area contributed by atoms with Crippen LogP contribution in [0.15, 0.2) is 54.6 Å². The monoisotopic (exact) mass is 240 g/mol. The van der Waals surface area contributed by atoms with Crippen molar-refractivity contribution in [2.45, 2.75) is 0 Å². The smallest absolute Gasteiger partial charge is 0.131 e. The van der Waals surface area contributed by atoms with Crippen molar-refractivity contribution in [2.24, 2.45) is 0 Å². The lowest BCUT2D eigenvalue weighted by atomic mass is 10.0. The number of phenolic OH excluding ortho intramolecular Hbond substituents is 1. The van der Waals surface area contributed by atoms with Gasteiger partial charge < -0.3 is 9.84 Å². The first-order valence-electron chi connectivity index (χ1n) is 5.77. The first kappa shape index (κ1) is 12.4. The predicted molar refractivity (Wildman–Crippen MR) is 76.1 cm³/mol. The number of methoxy groups -OCH3 is 1. The summed E-state index contributed by atoms with van der Waals surface area (Å²) >= 11 is 0. The molecule has 0 radical (unpaired) electrons. The zero-order valence-corrected chi connectivity index (χ0v) is 10.6. The highest BCUT2D eigenvalue weighted by molar-refractivity contribution is 6.04. The van der Waals surface area contributed by atoms with Gasteiger partial charge in [-0.25, -0.2) is 0 Å². The van der Waals surface area contributed by atoms with Crippen LogP contribution >= 0.6 is 0 Å². The van der Waals surface area contributed by atoms with E-state index in [1.165, 1.54) is 0 Å². The van der Waals surface area contributed by atoms with Crippen LogP contribution in [0.5, 0.6) is 5.75 Å². The van der Waals surface area contributed by atoms with Gasteiger partial charge in [0, 0.05) is 25.0 Å². The van der Waals surface area contributed by atoms with Gasteiger partial charge in [0.05, 0.1) is 0 Å². The molecular formula is C16H16O2. The second kappa shape index (κ2) is 5.52. The van der Waals surface area contributed by atoms with Crippen molar-refractivity contribution in [3.05, 3.63) is 54.6 Å². The Balaban J connectivity index is 0.000000367. The Labute approximate surface area is 106 Å². The van der Waals surface area contributed by atoms with E-state index in [1.807, 2.05) is 48.5 Å². The van der Waals surface area contributed by atoms with Gasteiger partial charge in [-0.15, -0.1) is 0 Å². The van der Waals surface area contributed by atoms with Crippen LogP contribution in [0.4, 0.5) is 0 Å². The van der Waals surface area contributed by atoms with E-state index in [4.69, 9.17) is 0 Å². The highest BCUT2D eigenvalue weighted by Crippen LogP contribution is 2.33. The fraction of sp³-hybridized carbons (Fsp3) is 0.125. The second-order valence-electron chi connectivity index (χ2n) is 4.08. The molecule has 0 aliphatic carbocycles. The van der Waals surface area contributed by atoms with Crippen LogP contribution in [-0.2, 0) is 4.74 Å². The molecule has 2 nitrogen and oxygen atoms in total. The maximum atomic E-state index is 10.1. The van der Waals surface area contributed by atoms with Gasteiger partial charge in [0.25, 0.3) is 0 Å². The summed E-state index contributed by atoms with van der Waals surface area (Å²) in [6.07, 6.45) is 0. The molecule has 0 atom stereocenters. The van der Waals surface area contributed by atoms with E-state index < -0.39 is 0 Å². The first-order valence-corrected chi connectivity index (χ1v) is 5.77. The first-order chi connectivity index (χ1) is 8.77. The Morgan fingerprint density at radius 3 is 1.61 bits per heavy atom. The topological polar surface area (TPSA) is 29.5 Å². The number of hydrogen-bond acceptors (Lipinski definition) is 2. The van der Waals surface area contributed by atoms with Crippen molar-refractivity contribution in [2.75, 3.05) is 14.2 Å². The maximum absolute atomic E-state index is 10.1. The molecule has 0 saturated heterocycles. The molecule has 0 fully saturated rings. The van der Waals surface area contributed by atoms with Crippen LogP contribution in [-0.4, -0.2) is 19.3 Å². The van der Waals surface area contributed by atoms with Crippen LogP contribution in [0.3, 0.4) is 0 Å². The van der Waals surface area contributed by atoms with Crippen molar-refractivity contribution in [1.82, 2.24) is 0 Å². The number of fused-ring (bicyclic) bond motifs is 2. The van der Waals surface area contributed by atoms with Crippen LogP contribution < -0.4 is 0 Å². The fourth-order valence-corrected chi connectivity index (χ4v) is 1.99. The molecule has 3 aromatic carbocycles. The lowest BCUT2D eigenvalue weighted by molar-refractivity contribution is 0.277. The van der Waals surface area contributed by atoms with E-state index in [1.54, 1.807) is 14.2 Å². The maximum Gasteiger partial charge on any atom is 0.131 e. The summed E-state index contributed by atoms with van der Waals surface area (Å²) < 4.78 is 4.25. The highest BCUT2D eigenvalue weighted by Gasteiger charge is 2.04. The van der Waals surface area contributed by atoms with E-state index >= 15 is 0 Å². The average Bonchev–Trinajstić information content (AvgIpc) is 2.40. The zero-order chi connectivity index (χ0) is 13.0. The van der Waals surface area contributed by atoms with E-state index in [2.05, 4.69) is 10.8 Å². The minimum absolute atomic E-state index is 0.378. The summed E-state index contributed by atoms with van der Waals surface area (Å²) in [6, 6.07) is 17.9. The molecule has 2 heteroatoms. The fourth-order valence-electron chi connectivity index (χ4n) is 1.99. The van der Waals surface area contributed by atoms with E-state index in [0.717, 1.165) is 21.5 Å². The molecule has 18 heavy (non-hydrogen) atoms. The van der Waals surface area contributed by atoms with Crippen LogP contribution in [0.1, 0.15) is 0 Å². The number of hydrogen-bond donors (Lipinski definition) is 1. The van der Waals surface area contributed by atoms with Crippen LogP contribution in [0, 0.1) is 0 Å². The van der Waals surface area contributed by atoms with Gasteiger partial charge in [0.1, 0.15) is 5.75 Å². The molecule has 0 aliphatic rings. The summed E-state index contributed by atoms with van der Waals surface area (Å²) in [5, 5.41) is 14.1. The summed E-state index contributed by atoms with van der Waals surface area (Å²) in [6.45, 7) is 0. The van der Waals surface area contributed by atoms with Crippen molar-refractivity contribution >= 4 is 21.5 Å². The third kappa shape index (κ3) is 2.29. The Hall–Kier alpha value is -2.06. The molecule has 0 saturated carbocycles. The van der Waals surface area contributed by atoms with Gasteiger partial charge in [0.2, 0.25) is 0 Å². The molecule has 3 aromatic rings.